The molecule has 0 atom stereocenters. The van der Waals surface area contributed by atoms with Crippen molar-refractivity contribution < 1.29 is 4.79 Å². The van der Waals surface area contributed by atoms with Crippen LogP contribution in [0.2, 0.25) is 0 Å². The molecule has 0 spiro atoms. The average Bonchev–Trinajstić information content (AvgIpc) is 3.20. The third-order valence-corrected chi connectivity index (χ3v) is 4.27. The highest BCUT2D eigenvalue weighted by atomic mass is 32.1. The molecule has 1 aromatic carbocycles. The van der Waals surface area contributed by atoms with E-state index in [0.717, 1.165) is 23.4 Å². The van der Waals surface area contributed by atoms with Crippen molar-refractivity contribution in [3.8, 4) is 6.07 Å². The van der Waals surface area contributed by atoms with Crippen molar-refractivity contribution in [1.82, 2.24) is 5.32 Å². The Labute approximate surface area is 127 Å². The van der Waals surface area contributed by atoms with Gasteiger partial charge in [-0.15, -0.1) is 11.3 Å². The summed E-state index contributed by atoms with van der Waals surface area (Å²) in [4.78, 5) is 13.8. The smallest absolute Gasteiger partial charge is 0.251 e. The molecule has 3 rings (SSSR count). The molecule has 1 amide bonds. The number of hydrogen-bond donors (Lipinski definition) is 2. The van der Waals surface area contributed by atoms with Crippen LogP contribution in [0.15, 0.2) is 36.4 Å². The summed E-state index contributed by atoms with van der Waals surface area (Å²) < 4.78 is 0. The van der Waals surface area contributed by atoms with Crippen LogP contribution in [0.3, 0.4) is 0 Å². The largest absolute Gasteiger partial charge is 0.380 e. The first-order chi connectivity index (χ1) is 10.2. The summed E-state index contributed by atoms with van der Waals surface area (Å²) in [5.74, 6) is -0.0101. The van der Waals surface area contributed by atoms with Crippen LogP contribution >= 0.6 is 11.3 Å². The minimum atomic E-state index is -0.0101. The summed E-state index contributed by atoms with van der Waals surface area (Å²) in [6.45, 7) is 0.653. The van der Waals surface area contributed by atoms with Crippen LogP contribution in [-0.4, -0.2) is 11.9 Å². The molecule has 1 heterocycles. The fourth-order valence-corrected chi connectivity index (χ4v) is 2.73. The predicted octanol–water partition coefficient (Wildman–Crippen LogP) is 3.12. The van der Waals surface area contributed by atoms with Crippen molar-refractivity contribution >= 4 is 22.9 Å². The highest BCUT2D eigenvalue weighted by Gasteiger charge is 2.23. The molecule has 5 heteroatoms. The van der Waals surface area contributed by atoms with Crippen molar-refractivity contribution in [1.29, 1.82) is 5.26 Å². The molecule has 0 bridgehead atoms. The summed E-state index contributed by atoms with van der Waals surface area (Å²) >= 11 is 1.48. The number of thiophene rings is 1. The number of anilines is 1. The fraction of sp³-hybridized carbons (Fsp3) is 0.250. The molecular formula is C16H15N3OS. The van der Waals surface area contributed by atoms with E-state index in [2.05, 4.69) is 16.7 Å². The Morgan fingerprint density at radius 3 is 2.90 bits per heavy atom. The maximum atomic E-state index is 12.0. The van der Waals surface area contributed by atoms with E-state index in [1.807, 2.05) is 36.4 Å². The zero-order valence-electron chi connectivity index (χ0n) is 11.4. The van der Waals surface area contributed by atoms with Gasteiger partial charge in [0.1, 0.15) is 10.9 Å². The second-order valence-corrected chi connectivity index (χ2v) is 6.23. The van der Waals surface area contributed by atoms with Crippen molar-refractivity contribution in [3.05, 3.63) is 51.7 Å². The third-order valence-electron chi connectivity index (χ3n) is 3.28. The molecule has 21 heavy (non-hydrogen) atoms. The van der Waals surface area contributed by atoms with Crippen LogP contribution in [0.1, 0.15) is 33.0 Å². The van der Waals surface area contributed by atoms with Gasteiger partial charge in [-0.05, 0) is 43.2 Å². The van der Waals surface area contributed by atoms with E-state index in [4.69, 9.17) is 5.26 Å². The van der Waals surface area contributed by atoms with Gasteiger partial charge in [0, 0.05) is 28.7 Å². The van der Waals surface area contributed by atoms with E-state index in [9.17, 15) is 4.79 Å². The summed E-state index contributed by atoms with van der Waals surface area (Å²) in [5.41, 5.74) is 1.58. The van der Waals surface area contributed by atoms with Gasteiger partial charge in [-0.2, -0.15) is 5.26 Å². The summed E-state index contributed by atoms with van der Waals surface area (Å²) in [6.07, 6.45) is 2.17. The van der Waals surface area contributed by atoms with Gasteiger partial charge in [0.05, 0.1) is 0 Å². The minimum absolute atomic E-state index is 0.0101. The number of benzene rings is 1. The maximum Gasteiger partial charge on any atom is 0.251 e. The van der Waals surface area contributed by atoms with Crippen LogP contribution in [0.25, 0.3) is 0 Å². The molecule has 4 nitrogen and oxygen atoms in total. The molecule has 0 radical (unpaired) electrons. The predicted molar refractivity (Wildman–Crippen MR) is 83.3 cm³/mol. The SMILES string of the molecule is N#Cc1ccc(CNc2cccc(C(=O)NC3CC3)c2)s1. The topological polar surface area (TPSA) is 64.9 Å². The highest BCUT2D eigenvalue weighted by molar-refractivity contribution is 7.12. The summed E-state index contributed by atoms with van der Waals surface area (Å²) in [5, 5.41) is 15.1. The quantitative estimate of drug-likeness (QED) is 0.891. The number of carbonyl (C=O) groups excluding carboxylic acids is 1. The highest BCUT2D eigenvalue weighted by Crippen LogP contribution is 2.21. The molecule has 1 fully saturated rings. The molecule has 0 saturated heterocycles. The van der Waals surface area contributed by atoms with Crippen LogP contribution in [0, 0.1) is 11.3 Å². The minimum Gasteiger partial charge on any atom is -0.380 e. The molecule has 0 aliphatic heterocycles. The third kappa shape index (κ3) is 3.61. The Bertz CT molecular complexity index is 698. The molecule has 1 saturated carbocycles. The molecule has 1 aliphatic carbocycles. The molecule has 1 aromatic heterocycles. The zero-order chi connectivity index (χ0) is 14.7. The van der Waals surface area contributed by atoms with Gasteiger partial charge < -0.3 is 10.6 Å². The maximum absolute atomic E-state index is 12.0. The van der Waals surface area contributed by atoms with E-state index in [1.165, 1.54) is 11.3 Å². The van der Waals surface area contributed by atoms with Crippen LogP contribution in [-0.2, 0) is 6.54 Å². The number of hydrogen-bond acceptors (Lipinski definition) is 4. The molecule has 106 valence electrons. The van der Waals surface area contributed by atoms with Gasteiger partial charge in [-0.1, -0.05) is 6.07 Å². The lowest BCUT2D eigenvalue weighted by Crippen LogP contribution is -2.25. The standard InChI is InChI=1S/C16H15N3OS/c17-9-14-6-7-15(21-14)10-18-13-3-1-2-11(8-13)16(20)19-12-4-5-12/h1-3,6-8,12,18H,4-5,10H2,(H,19,20). The Balaban J connectivity index is 1.62. The lowest BCUT2D eigenvalue weighted by molar-refractivity contribution is 0.0951. The first-order valence-electron chi connectivity index (χ1n) is 6.88. The van der Waals surface area contributed by atoms with Crippen LogP contribution < -0.4 is 10.6 Å². The second-order valence-electron chi connectivity index (χ2n) is 5.06. The molecule has 2 aromatic rings. The summed E-state index contributed by atoms with van der Waals surface area (Å²) in [6, 6.07) is 13.8. The lowest BCUT2D eigenvalue weighted by Gasteiger charge is -2.08. The van der Waals surface area contributed by atoms with Gasteiger partial charge in [-0.3, -0.25) is 4.79 Å². The van der Waals surface area contributed by atoms with Crippen LogP contribution in [0.5, 0.6) is 0 Å². The number of rotatable bonds is 5. The van der Waals surface area contributed by atoms with E-state index >= 15 is 0 Å². The number of nitrogens with one attached hydrogen (secondary N) is 2. The van der Waals surface area contributed by atoms with Gasteiger partial charge in [0.15, 0.2) is 0 Å². The zero-order valence-corrected chi connectivity index (χ0v) is 12.2. The Morgan fingerprint density at radius 1 is 1.33 bits per heavy atom. The van der Waals surface area contributed by atoms with E-state index < -0.39 is 0 Å². The van der Waals surface area contributed by atoms with Crippen molar-refractivity contribution in [2.24, 2.45) is 0 Å². The van der Waals surface area contributed by atoms with Crippen LogP contribution in [0.4, 0.5) is 5.69 Å². The van der Waals surface area contributed by atoms with Gasteiger partial charge >= 0.3 is 0 Å². The van der Waals surface area contributed by atoms with Crippen molar-refractivity contribution in [2.45, 2.75) is 25.4 Å². The normalized spacial score (nSPS) is 13.5. The Hall–Kier alpha value is -2.32. The van der Waals surface area contributed by atoms with Crippen molar-refractivity contribution in [2.75, 3.05) is 5.32 Å². The van der Waals surface area contributed by atoms with Gasteiger partial charge in [-0.25, -0.2) is 0 Å². The van der Waals surface area contributed by atoms with E-state index in [1.54, 1.807) is 0 Å². The first-order valence-corrected chi connectivity index (χ1v) is 7.70. The monoisotopic (exact) mass is 297 g/mol. The number of carbonyl (C=O) groups is 1. The van der Waals surface area contributed by atoms with E-state index in [0.29, 0.717) is 23.0 Å². The first kappa shape index (κ1) is 13.7. The summed E-state index contributed by atoms with van der Waals surface area (Å²) in [7, 11) is 0. The number of amides is 1. The van der Waals surface area contributed by atoms with E-state index in [-0.39, 0.29) is 5.91 Å². The Kier molecular flexibility index (Phi) is 3.89. The molecule has 1 aliphatic rings. The molecule has 2 N–H and O–H groups in total. The van der Waals surface area contributed by atoms with Crippen molar-refractivity contribution in [3.63, 3.8) is 0 Å². The number of nitrogens with zero attached hydrogens (tertiary/aromatic N) is 1. The molecular weight excluding hydrogens is 282 g/mol. The lowest BCUT2D eigenvalue weighted by atomic mass is 10.2. The van der Waals surface area contributed by atoms with Gasteiger partial charge in [0.2, 0.25) is 0 Å². The number of nitriles is 1. The molecule has 0 unspecified atom stereocenters. The van der Waals surface area contributed by atoms with Gasteiger partial charge in [0.25, 0.3) is 5.91 Å². The fourth-order valence-electron chi connectivity index (χ4n) is 1.99. The average molecular weight is 297 g/mol. The Morgan fingerprint density at radius 2 is 2.19 bits per heavy atom. The second kappa shape index (κ2) is 5.98.